The van der Waals surface area contributed by atoms with Gasteiger partial charge in [0, 0.05) is 24.2 Å². The van der Waals surface area contributed by atoms with E-state index in [1.165, 1.54) is 0 Å². The molecule has 0 radical (unpaired) electrons. The molecule has 148 valence electrons. The van der Waals surface area contributed by atoms with Gasteiger partial charge in [-0.1, -0.05) is 25.5 Å². The van der Waals surface area contributed by atoms with Crippen LogP contribution < -0.4 is 15.0 Å². The Morgan fingerprint density at radius 2 is 1.86 bits per heavy atom. The van der Waals surface area contributed by atoms with E-state index in [9.17, 15) is 9.59 Å². The van der Waals surface area contributed by atoms with E-state index in [0.717, 1.165) is 49.4 Å². The normalized spacial score (nSPS) is 14.8. The molecular formula is C23H28N2O3. The molecule has 3 rings (SSSR count). The van der Waals surface area contributed by atoms with Gasteiger partial charge in [-0.3, -0.25) is 9.59 Å². The van der Waals surface area contributed by atoms with Crippen LogP contribution in [-0.2, 0) is 4.79 Å². The van der Waals surface area contributed by atoms with Crippen molar-refractivity contribution in [1.29, 1.82) is 0 Å². The van der Waals surface area contributed by atoms with Gasteiger partial charge in [-0.15, -0.1) is 0 Å². The SMILES string of the molecule is CCCCOc1ccc([C@@H](C)NC(=O)c2ccc(N3CCCC3=O)cc2)cc1. The maximum Gasteiger partial charge on any atom is 0.251 e. The molecule has 1 atom stereocenters. The lowest BCUT2D eigenvalue weighted by atomic mass is 10.1. The molecule has 0 bridgehead atoms. The smallest absolute Gasteiger partial charge is 0.251 e. The molecule has 1 fully saturated rings. The number of carbonyl (C=O) groups is 2. The zero-order chi connectivity index (χ0) is 19.9. The van der Waals surface area contributed by atoms with Crippen molar-refractivity contribution in [2.24, 2.45) is 0 Å². The van der Waals surface area contributed by atoms with Crippen molar-refractivity contribution in [2.75, 3.05) is 18.1 Å². The first-order valence-electron chi connectivity index (χ1n) is 10.0. The van der Waals surface area contributed by atoms with Crippen LogP contribution in [0.25, 0.3) is 0 Å². The lowest BCUT2D eigenvalue weighted by Crippen LogP contribution is -2.27. The number of nitrogens with zero attached hydrogens (tertiary/aromatic N) is 1. The molecule has 1 heterocycles. The predicted octanol–water partition coefficient (Wildman–Crippen LogP) is 4.48. The third-order valence-electron chi connectivity index (χ3n) is 5.01. The molecule has 28 heavy (non-hydrogen) atoms. The van der Waals surface area contributed by atoms with Gasteiger partial charge in [0.15, 0.2) is 0 Å². The molecule has 1 aliphatic heterocycles. The third-order valence-corrected chi connectivity index (χ3v) is 5.01. The first-order valence-corrected chi connectivity index (χ1v) is 10.0. The predicted molar refractivity (Wildman–Crippen MR) is 111 cm³/mol. The highest BCUT2D eigenvalue weighted by atomic mass is 16.5. The Morgan fingerprint density at radius 3 is 2.46 bits per heavy atom. The molecule has 0 aliphatic carbocycles. The lowest BCUT2D eigenvalue weighted by molar-refractivity contribution is -0.117. The van der Waals surface area contributed by atoms with Crippen LogP contribution >= 0.6 is 0 Å². The van der Waals surface area contributed by atoms with Crippen LogP contribution in [0, 0.1) is 0 Å². The quantitative estimate of drug-likeness (QED) is 0.687. The molecule has 5 heteroatoms. The number of carbonyl (C=O) groups excluding carboxylic acids is 2. The van der Waals surface area contributed by atoms with E-state index < -0.39 is 0 Å². The zero-order valence-electron chi connectivity index (χ0n) is 16.6. The standard InChI is InChI=1S/C23H28N2O3/c1-3-4-16-28-21-13-9-18(10-14-21)17(2)24-23(27)19-7-11-20(12-8-19)25-15-5-6-22(25)26/h7-14,17H,3-6,15-16H2,1-2H3,(H,24,27)/t17-/m1/s1. The highest BCUT2D eigenvalue weighted by molar-refractivity contribution is 5.97. The zero-order valence-corrected chi connectivity index (χ0v) is 16.6. The number of hydrogen-bond acceptors (Lipinski definition) is 3. The van der Waals surface area contributed by atoms with E-state index in [4.69, 9.17) is 4.74 Å². The van der Waals surface area contributed by atoms with Crippen molar-refractivity contribution in [2.45, 2.75) is 45.6 Å². The average molecular weight is 380 g/mol. The molecule has 0 unspecified atom stereocenters. The van der Waals surface area contributed by atoms with Gasteiger partial charge in [0.2, 0.25) is 5.91 Å². The van der Waals surface area contributed by atoms with Crippen LogP contribution in [0.15, 0.2) is 48.5 Å². The summed E-state index contributed by atoms with van der Waals surface area (Å²) < 4.78 is 5.68. The average Bonchev–Trinajstić information content (AvgIpc) is 3.14. The fourth-order valence-electron chi connectivity index (χ4n) is 3.26. The molecule has 0 saturated carbocycles. The topological polar surface area (TPSA) is 58.6 Å². The van der Waals surface area contributed by atoms with Gasteiger partial charge in [0.25, 0.3) is 5.91 Å². The number of hydrogen-bond donors (Lipinski definition) is 1. The van der Waals surface area contributed by atoms with Gasteiger partial charge in [-0.2, -0.15) is 0 Å². The summed E-state index contributed by atoms with van der Waals surface area (Å²) in [4.78, 5) is 26.2. The summed E-state index contributed by atoms with van der Waals surface area (Å²) in [5, 5.41) is 3.02. The van der Waals surface area contributed by atoms with Gasteiger partial charge in [-0.05, 0) is 61.7 Å². The van der Waals surface area contributed by atoms with E-state index in [1.54, 1.807) is 17.0 Å². The van der Waals surface area contributed by atoms with Gasteiger partial charge in [-0.25, -0.2) is 0 Å². The largest absolute Gasteiger partial charge is 0.494 e. The van der Waals surface area contributed by atoms with Crippen LogP contribution in [0.5, 0.6) is 5.75 Å². The van der Waals surface area contributed by atoms with E-state index in [1.807, 2.05) is 43.3 Å². The van der Waals surface area contributed by atoms with Crippen molar-refractivity contribution in [1.82, 2.24) is 5.32 Å². The molecule has 1 N–H and O–H groups in total. The number of benzene rings is 2. The van der Waals surface area contributed by atoms with Crippen molar-refractivity contribution in [3.8, 4) is 5.75 Å². The summed E-state index contributed by atoms with van der Waals surface area (Å²) in [5.74, 6) is 0.866. The molecule has 5 nitrogen and oxygen atoms in total. The first kappa shape index (κ1) is 19.9. The Kier molecular flexibility index (Phi) is 6.69. The molecule has 2 amide bonds. The maximum atomic E-state index is 12.6. The van der Waals surface area contributed by atoms with Crippen LogP contribution in [0.4, 0.5) is 5.69 Å². The fraction of sp³-hybridized carbons (Fsp3) is 0.391. The fourth-order valence-corrected chi connectivity index (χ4v) is 3.26. The van der Waals surface area contributed by atoms with Crippen LogP contribution in [0.3, 0.4) is 0 Å². The minimum atomic E-state index is -0.130. The lowest BCUT2D eigenvalue weighted by Gasteiger charge is -2.17. The van der Waals surface area contributed by atoms with Crippen LogP contribution in [0.1, 0.15) is 61.5 Å². The first-order chi connectivity index (χ1) is 13.6. The molecule has 1 saturated heterocycles. The van der Waals surface area contributed by atoms with Crippen molar-refractivity contribution in [3.05, 3.63) is 59.7 Å². The number of ether oxygens (including phenoxy) is 1. The Bertz CT molecular complexity index is 800. The number of amides is 2. The van der Waals surface area contributed by atoms with Crippen LogP contribution in [0.2, 0.25) is 0 Å². The second-order valence-corrected chi connectivity index (χ2v) is 7.16. The third kappa shape index (κ3) is 4.91. The maximum absolute atomic E-state index is 12.6. The summed E-state index contributed by atoms with van der Waals surface area (Å²) in [6.07, 6.45) is 3.64. The van der Waals surface area contributed by atoms with E-state index >= 15 is 0 Å². The summed E-state index contributed by atoms with van der Waals surface area (Å²) in [7, 11) is 0. The van der Waals surface area contributed by atoms with Gasteiger partial charge in [0.1, 0.15) is 5.75 Å². The Balaban J connectivity index is 1.57. The molecule has 0 spiro atoms. The summed E-state index contributed by atoms with van der Waals surface area (Å²) >= 11 is 0. The number of unbranched alkanes of at least 4 members (excludes halogenated alkanes) is 1. The Labute approximate surface area is 166 Å². The van der Waals surface area contributed by atoms with Gasteiger partial charge >= 0.3 is 0 Å². The van der Waals surface area contributed by atoms with E-state index in [-0.39, 0.29) is 17.9 Å². The van der Waals surface area contributed by atoms with Crippen molar-refractivity contribution >= 4 is 17.5 Å². The van der Waals surface area contributed by atoms with Gasteiger partial charge < -0.3 is 15.0 Å². The van der Waals surface area contributed by atoms with Crippen molar-refractivity contribution in [3.63, 3.8) is 0 Å². The van der Waals surface area contributed by atoms with Crippen LogP contribution in [-0.4, -0.2) is 25.0 Å². The molecular weight excluding hydrogens is 352 g/mol. The monoisotopic (exact) mass is 380 g/mol. The Hall–Kier alpha value is -2.82. The minimum absolute atomic E-state index is 0.114. The van der Waals surface area contributed by atoms with E-state index in [2.05, 4.69) is 12.2 Å². The second-order valence-electron chi connectivity index (χ2n) is 7.16. The minimum Gasteiger partial charge on any atom is -0.494 e. The molecule has 0 aromatic heterocycles. The van der Waals surface area contributed by atoms with Crippen molar-refractivity contribution < 1.29 is 14.3 Å². The highest BCUT2D eigenvalue weighted by Gasteiger charge is 2.21. The van der Waals surface area contributed by atoms with E-state index in [0.29, 0.717) is 12.0 Å². The summed E-state index contributed by atoms with van der Waals surface area (Å²) in [6.45, 7) is 5.57. The number of anilines is 1. The highest BCUT2D eigenvalue weighted by Crippen LogP contribution is 2.22. The molecule has 2 aromatic carbocycles. The molecule has 2 aromatic rings. The van der Waals surface area contributed by atoms with Gasteiger partial charge in [0.05, 0.1) is 12.6 Å². The summed E-state index contributed by atoms with van der Waals surface area (Å²) in [5.41, 5.74) is 2.46. The number of rotatable bonds is 8. The molecule has 1 aliphatic rings. The second kappa shape index (κ2) is 9.40. The summed E-state index contributed by atoms with van der Waals surface area (Å²) in [6, 6.07) is 14.9. The number of nitrogens with one attached hydrogen (secondary N) is 1. The Morgan fingerprint density at radius 1 is 1.14 bits per heavy atom.